The third kappa shape index (κ3) is 4.96. The SMILES string of the molecule is Cc1cc(-c2ccn3nc(Nc4cc(C)nc(C)n4)cc3c2)c(O[C@H]2CCS(=O)(=O)N(C)C2)cn1. The summed E-state index contributed by atoms with van der Waals surface area (Å²) in [5.74, 6) is 2.77. The lowest BCUT2D eigenvalue weighted by Gasteiger charge is -2.30. The molecule has 1 aliphatic rings. The minimum atomic E-state index is -3.19. The van der Waals surface area contributed by atoms with Crippen LogP contribution < -0.4 is 10.1 Å². The van der Waals surface area contributed by atoms with Gasteiger partial charge in [0.2, 0.25) is 10.0 Å². The molecule has 10 nitrogen and oxygen atoms in total. The number of nitrogens with one attached hydrogen (secondary N) is 1. The summed E-state index contributed by atoms with van der Waals surface area (Å²) >= 11 is 0. The highest BCUT2D eigenvalue weighted by atomic mass is 32.2. The summed E-state index contributed by atoms with van der Waals surface area (Å²) in [5, 5.41) is 7.84. The number of anilines is 2. The zero-order chi connectivity index (χ0) is 24.7. The molecule has 0 spiro atoms. The Morgan fingerprint density at radius 3 is 2.66 bits per heavy atom. The Morgan fingerprint density at radius 2 is 1.89 bits per heavy atom. The number of hydrogen-bond acceptors (Lipinski definition) is 8. The molecule has 5 heterocycles. The second-order valence-electron chi connectivity index (χ2n) is 8.83. The molecule has 0 bridgehead atoms. The maximum Gasteiger partial charge on any atom is 0.214 e. The minimum Gasteiger partial charge on any atom is -0.487 e. The summed E-state index contributed by atoms with van der Waals surface area (Å²) in [6.45, 7) is 6.03. The van der Waals surface area contributed by atoms with Crippen LogP contribution in [-0.2, 0) is 10.0 Å². The molecule has 1 fully saturated rings. The fraction of sp³-hybridized carbons (Fsp3) is 0.333. The van der Waals surface area contributed by atoms with Crippen LogP contribution in [0.25, 0.3) is 16.6 Å². The number of sulfonamides is 1. The van der Waals surface area contributed by atoms with Gasteiger partial charge in [0.15, 0.2) is 5.82 Å². The summed E-state index contributed by atoms with van der Waals surface area (Å²) in [4.78, 5) is 13.1. The largest absolute Gasteiger partial charge is 0.487 e. The number of aromatic nitrogens is 5. The maximum atomic E-state index is 12.0. The molecular weight excluding hydrogens is 466 g/mol. The van der Waals surface area contributed by atoms with Gasteiger partial charge in [0.1, 0.15) is 23.5 Å². The highest BCUT2D eigenvalue weighted by Gasteiger charge is 2.30. The predicted molar refractivity (Wildman–Crippen MR) is 133 cm³/mol. The second-order valence-corrected chi connectivity index (χ2v) is 11.0. The Balaban J connectivity index is 1.43. The molecule has 0 amide bonds. The van der Waals surface area contributed by atoms with Crippen molar-refractivity contribution in [3.05, 3.63) is 59.9 Å². The van der Waals surface area contributed by atoms with Crippen LogP contribution in [0, 0.1) is 20.8 Å². The molecule has 11 heteroatoms. The van der Waals surface area contributed by atoms with Crippen molar-refractivity contribution in [3.63, 3.8) is 0 Å². The molecule has 1 N–H and O–H groups in total. The van der Waals surface area contributed by atoms with Crippen LogP contribution in [0.5, 0.6) is 5.75 Å². The first-order valence-electron chi connectivity index (χ1n) is 11.3. The molecule has 0 radical (unpaired) electrons. The second kappa shape index (κ2) is 8.90. The van der Waals surface area contributed by atoms with Gasteiger partial charge in [-0.1, -0.05) is 0 Å². The predicted octanol–water partition coefficient (Wildman–Crippen LogP) is 3.27. The van der Waals surface area contributed by atoms with Crippen LogP contribution in [-0.4, -0.2) is 62.7 Å². The lowest BCUT2D eigenvalue weighted by molar-refractivity contribution is 0.164. The van der Waals surface area contributed by atoms with Crippen LogP contribution in [0.4, 0.5) is 11.6 Å². The van der Waals surface area contributed by atoms with E-state index in [4.69, 9.17) is 4.74 Å². The number of hydrogen-bond donors (Lipinski definition) is 1. The molecule has 1 saturated heterocycles. The van der Waals surface area contributed by atoms with Gasteiger partial charge < -0.3 is 10.1 Å². The Bertz CT molecular complexity index is 1500. The van der Waals surface area contributed by atoms with Gasteiger partial charge in [0.25, 0.3) is 0 Å². The standard InChI is InChI=1S/C24H27N7O3S/c1-15-9-21(22(13-25-15)34-20-6-8-35(32,33)30(4)14-20)18-5-7-31-19(11-18)12-24(29-31)28-23-10-16(2)26-17(3)27-23/h5,7,9-13,20H,6,8,14H2,1-4H3,(H,26,27,28,29)/t20-/m0/s1. The monoisotopic (exact) mass is 493 g/mol. The molecule has 0 aromatic carbocycles. The van der Waals surface area contributed by atoms with Gasteiger partial charge in [-0.05, 0) is 44.5 Å². The molecule has 0 unspecified atom stereocenters. The van der Waals surface area contributed by atoms with Crippen LogP contribution in [0.1, 0.15) is 23.6 Å². The van der Waals surface area contributed by atoms with Gasteiger partial charge in [0, 0.05) is 48.7 Å². The van der Waals surface area contributed by atoms with Crippen LogP contribution >= 0.6 is 0 Å². The van der Waals surface area contributed by atoms with Crippen molar-refractivity contribution in [2.45, 2.75) is 33.3 Å². The fourth-order valence-electron chi connectivity index (χ4n) is 4.21. The number of likely N-dealkylation sites (N-methyl/N-ethyl adjacent to an activating group) is 1. The van der Waals surface area contributed by atoms with E-state index in [1.54, 1.807) is 17.8 Å². The molecule has 4 aromatic heterocycles. The topological polar surface area (TPSA) is 115 Å². The van der Waals surface area contributed by atoms with Gasteiger partial charge >= 0.3 is 0 Å². The Labute approximate surface area is 204 Å². The number of pyridine rings is 2. The Morgan fingerprint density at radius 1 is 1.06 bits per heavy atom. The minimum absolute atomic E-state index is 0.0751. The highest BCUT2D eigenvalue weighted by Crippen LogP contribution is 2.33. The van der Waals surface area contributed by atoms with Crippen molar-refractivity contribution in [3.8, 4) is 16.9 Å². The number of rotatable bonds is 5. The maximum absolute atomic E-state index is 12.0. The zero-order valence-electron chi connectivity index (χ0n) is 20.1. The van der Waals surface area contributed by atoms with Gasteiger partial charge in [-0.3, -0.25) is 4.98 Å². The molecule has 1 aliphatic heterocycles. The van der Waals surface area contributed by atoms with E-state index < -0.39 is 10.0 Å². The van der Waals surface area contributed by atoms with Crippen LogP contribution in [0.3, 0.4) is 0 Å². The number of fused-ring (bicyclic) bond motifs is 1. The average Bonchev–Trinajstić information content (AvgIpc) is 3.18. The summed E-state index contributed by atoms with van der Waals surface area (Å²) < 4.78 is 33.5. The van der Waals surface area contributed by atoms with E-state index in [1.165, 1.54) is 4.31 Å². The van der Waals surface area contributed by atoms with Crippen LogP contribution in [0.2, 0.25) is 0 Å². The van der Waals surface area contributed by atoms with Gasteiger partial charge in [-0.2, -0.15) is 5.10 Å². The third-order valence-corrected chi connectivity index (χ3v) is 7.78. The number of ether oxygens (including phenoxy) is 1. The summed E-state index contributed by atoms with van der Waals surface area (Å²) in [7, 11) is -1.61. The fourth-order valence-corrected chi connectivity index (χ4v) is 5.47. The van der Waals surface area contributed by atoms with Gasteiger partial charge in [0.05, 0.1) is 24.0 Å². The van der Waals surface area contributed by atoms with E-state index in [0.29, 0.717) is 36.2 Å². The molecule has 1 atom stereocenters. The van der Waals surface area contributed by atoms with E-state index in [2.05, 4.69) is 25.4 Å². The Hall–Kier alpha value is -3.57. The number of aryl methyl sites for hydroxylation is 3. The molecule has 0 saturated carbocycles. The smallest absolute Gasteiger partial charge is 0.214 e. The van der Waals surface area contributed by atoms with E-state index in [9.17, 15) is 8.42 Å². The summed E-state index contributed by atoms with van der Waals surface area (Å²) in [5.41, 5.74) is 4.49. The molecular formula is C24H27N7O3S. The highest BCUT2D eigenvalue weighted by molar-refractivity contribution is 7.89. The molecule has 0 aliphatic carbocycles. The molecule has 182 valence electrons. The van der Waals surface area contributed by atoms with Crippen molar-refractivity contribution in [2.75, 3.05) is 24.7 Å². The molecule has 35 heavy (non-hydrogen) atoms. The van der Waals surface area contributed by atoms with Crippen molar-refractivity contribution < 1.29 is 13.2 Å². The molecule has 5 rings (SSSR count). The summed E-state index contributed by atoms with van der Waals surface area (Å²) in [6.07, 6.45) is 3.81. The first-order valence-corrected chi connectivity index (χ1v) is 12.9. The lowest BCUT2D eigenvalue weighted by Crippen LogP contribution is -2.44. The van der Waals surface area contributed by atoms with Crippen molar-refractivity contribution in [2.24, 2.45) is 0 Å². The molecule has 4 aromatic rings. The summed E-state index contributed by atoms with van der Waals surface area (Å²) in [6, 6.07) is 9.81. The first kappa shape index (κ1) is 23.2. The van der Waals surface area contributed by atoms with E-state index in [1.807, 2.05) is 57.3 Å². The Kier molecular flexibility index (Phi) is 5.89. The van der Waals surface area contributed by atoms with Crippen LogP contribution in [0.15, 0.2) is 42.7 Å². The normalized spacial score (nSPS) is 18.0. The van der Waals surface area contributed by atoms with E-state index in [-0.39, 0.29) is 11.9 Å². The third-order valence-electron chi connectivity index (χ3n) is 5.93. The number of nitrogens with zero attached hydrogens (tertiary/aromatic N) is 6. The quantitative estimate of drug-likeness (QED) is 0.451. The first-order chi connectivity index (χ1) is 16.7. The zero-order valence-corrected chi connectivity index (χ0v) is 20.9. The van der Waals surface area contributed by atoms with Gasteiger partial charge in [-0.25, -0.2) is 27.2 Å². The van der Waals surface area contributed by atoms with Gasteiger partial charge in [-0.15, -0.1) is 0 Å². The van der Waals surface area contributed by atoms with E-state index >= 15 is 0 Å². The van der Waals surface area contributed by atoms with Crippen molar-refractivity contribution >= 4 is 27.2 Å². The average molecular weight is 494 g/mol. The van der Waals surface area contributed by atoms with Crippen molar-refractivity contribution in [1.82, 2.24) is 28.9 Å². The lowest BCUT2D eigenvalue weighted by atomic mass is 10.1. The van der Waals surface area contributed by atoms with Crippen molar-refractivity contribution in [1.29, 1.82) is 0 Å². The van der Waals surface area contributed by atoms with E-state index in [0.717, 1.165) is 28.0 Å².